The van der Waals surface area contributed by atoms with Crippen LogP contribution in [0.5, 0.6) is 0 Å². The van der Waals surface area contributed by atoms with Gasteiger partial charge in [0, 0.05) is 68.4 Å². The molecular weight excluding hydrogens is 745 g/mol. The van der Waals surface area contributed by atoms with Gasteiger partial charge in [-0.05, 0) is 24.3 Å². The molecule has 12 heteroatoms. The highest BCUT2D eigenvalue weighted by Crippen LogP contribution is 2.31. The van der Waals surface area contributed by atoms with Crippen molar-refractivity contribution >= 4 is 51.6 Å². The van der Waals surface area contributed by atoms with Gasteiger partial charge in [0.25, 0.3) is 20.0 Å². The van der Waals surface area contributed by atoms with Gasteiger partial charge in [0.1, 0.15) is 0 Å². The maximum Gasteiger partial charge on any atom is 0.269 e. The molecule has 0 fully saturated rings. The molecule has 0 N–H and O–H groups in total. The highest BCUT2D eigenvalue weighted by atomic mass is 15.6. The van der Waals surface area contributed by atoms with Crippen LogP contribution in [0.25, 0.3) is 0 Å². The summed E-state index contributed by atoms with van der Waals surface area (Å²) in [5.74, 6) is 1.83. The molecule has 0 saturated carbocycles. The topological polar surface area (TPSA) is 92.9 Å². The van der Waals surface area contributed by atoms with Gasteiger partial charge in [-0.3, -0.25) is 0 Å². The summed E-state index contributed by atoms with van der Waals surface area (Å²) in [4.78, 5) is 0. The van der Waals surface area contributed by atoms with E-state index >= 15 is 0 Å². The second kappa shape index (κ2) is 16.3. The molecule has 0 saturated heterocycles. The Morgan fingerprint density at radius 1 is 0.300 bits per heavy atom. The van der Waals surface area contributed by atoms with E-state index in [0.717, 1.165) is 50.8 Å². The van der Waals surface area contributed by atoms with Gasteiger partial charge in [0.05, 0.1) is 17.1 Å². The smallest absolute Gasteiger partial charge is 0.201 e. The second-order valence-electron chi connectivity index (χ2n) is 14.2. The number of anilines is 3. The lowest BCUT2D eigenvalue weighted by Crippen LogP contribution is -2.33. The summed E-state index contributed by atoms with van der Waals surface area (Å²) in [5, 5.41) is 36.2. The number of hydrogen-bond donors (Lipinski definition) is 0. The predicted molar refractivity (Wildman–Crippen MR) is 234 cm³/mol. The summed E-state index contributed by atoms with van der Waals surface area (Å²) in [6.07, 6.45) is 0. The third kappa shape index (κ3) is 7.72. The van der Waals surface area contributed by atoms with Gasteiger partial charge < -0.3 is 0 Å². The number of nitrogens with zero attached hydrogens (tertiary/aromatic N) is 12. The number of benzene rings is 7. The Kier molecular flexibility index (Phi) is 9.82. The van der Waals surface area contributed by atoms with Gasteiger partial charge >= 0.3 is 0 Å². The van der Waals surface area contributed by atoms with Crippen LogP contribution in [-0.4, -0.2) is 51.6 Å². The molecule has 7 aromatic rings. The zero-order valence-corrected chi connectivity index (χ0v) is 32.5. The molecule has 10 rings (SSSR count). The average Bonchev–Trinajstić information content (AvgIpc) is 3.35. The van der Waals surface area contributed by atoms with Crippen LogP contribution in [0.2, 0.25) is 0 Å². The summed E-state index contributed by atoms with van der Waals surface area (Å²) < 4.78 is 5.94. The molecule has 3 aliphatic heterocycles. The Hall–Kier alpha value is -8.25. The van der Waals surface area contributed by atoms with Crippen molar-refractivity contribution in [2.45, 2.75) is 0 Å². The van der Waals surface area contributed by atoms with E-state index in [4.69, 9.17) is 30.6 Å². The highest BCUT2D eigenvalue weighted by molar-refractivity contribution is 6.01. The third-order valence-corrected chi connectivity index (χ3v) is 10.2. The van der Waals surface area contributed by atoms with E-state index in [1.807, 2.05) is 169 Å². The van der Waals surface area contributed by atoms with E-state index in [9.17, 15) is 0 Å². The maximum absolute atomic E-state index is 5.12. The predicted octanol–water partition coefficient (Wildman–Crippen LogP) is 10.5. The minimum Gasteiger partial charge on any atom is -0.201 e. The third-order valence-electron chi connectivity index (χ3n) is 10.2. The molecule has 60 heavy (non-hydrogen) atoms. The Balaban J connectivity index is 0.993. The highest BCUT2D eigenvalue weighted by Gasteiger charge is 2.31. The van der Waals surface area contributed by atoms with Crippen molar-refractivity contribution in [1.82, 2.24) is 0 Å². The molecular formula is C48H39N12+3. The van der Waals surface area contributed by atoms with Crippen LogP contribution < -0.4 is 15.0 Å². The van der Waals surface area contributed by atoms with Gasteiger partial charge in [-0.1, -0.05) is 154 Å². The second-order valence-corrected chi connectivity index (χ2v) is 14.2. The minimum atomic E-state index is 0.358. The molecule has 3 heterocycles. The first-order valence-corrected chi connectivity index (χ1v) is 19.7. The van der Waals surface area contributed by atoms with Crippen molar-refractivity contribution in [2.24, 2.45) is 30.6 Å². The number of hydrazone groups is 3. The largest absolute Gasteiger partial charge is 0.269 e. The maximum atomic E-state index is 5.12. The van der Waals surface area contributed by atoms with Gasteiger partial charge in [-0.15, -0.1) is 15.3 Å². The Labute approximate surface area is 347 Å². The molecule has 12 nitrogen and oxygen atoms in total. The van der Waals surface area contributed by atoms with Crippen LogP contribution in [0.15, 0.2) is 231 Å². The average molecular weight is 784 g/mol. The van der Waals surface area contributed by atoms with Gasteiger partial charge in [-0.2, -0.15) is 0 Å². The van der Waals surface area contributed by atoms with E-state index in [1.165, 1.54) is 0 Å². The van der Waals surface area contributed by atoms with Crippen molar-refractivity contribution < 1.29 is 14.1 Å². The van der Waals surface area contributed by atoms with Crippen molar-refractivity contribution in [1.29, 1.82) is 0 Å². The molecule has 0 atom stereocenters. The van der Waals surface area contributed by atoms with Crippen molar-refractivity contribution in [3.05, 3.63) is 217 Å². The zero-order valence-electron chi connectivity index (χ0n) is 32.5. The van der Waals surface area contributed by atoms with Crippen LogP contribution in [0, 0.1) is 0 Å². The minimum absolute atomic E-state index is 0.358. The van der Waals surface area contributed by atoms with E-state index in [2.05, 4.69) is 60.7 Å². The summed E-state index contributed by atoms with van der Waals surface area (Å²) in [6, 6.07) is 67.1. The Morgan fingerprint density at radius 3 is 0.983 bits per heavy atom. The molecule has 0 amide bonds. The first-order chi connectivity index (χ1) is 29.7. The fourth-order valence-electron chi connectivity index (χ4n) is 7.09. The lowest BCUT2D eigenvalue weighted by atomic mass is 10.2. The molecule has 0 unspecified atom stereocenters. The number of azo groups is 6. The van der Waals surface area contributed by atoms with E-state index in [1.54, 1.807) is 0 Å². The first-order valence-electron chi connectivity index (χ1n) is 19.7. The zero-order chi connectivity index (χ0) is 40.1. The van der Waals surface area contributed by atoms with Crippen molar-refractivity contribution in [3.8, 4) is 0 Å². The quantitative estimate of drug-likeness (QED) is 0.136. The van der Waals surface area contributed by atoms with Crippen molar-refractivity contribution in [3.63, 3.8) is 0 Å². The monoisotopic (exact) mass is 783 g/mol. The lowest BCUT2D eigenvalue weighted by molar-refractivity contribution is -0.508. The molecule has 3 aliphatic rings. The molecule has 0 radical (unpaired) electrons. The summed E-state index contributed by atoms with van der Waals surface area (Å²) in [6.45, 7) is 1.21. The van der Waals surface area contributed by atoms with E-state index in [-0.39, 0.29) is 0 Å². The molecule has 7 aromatic carbocycles. The molecule has 0 spiro atoms. The number of rotatable bonds is 9. The van der Waals surface area contributed by atoms with Gasteiger partial charge in [-0.25, -0.2) is 15.0 Å². The van der Waals surface area contributed by atoms with Crippen LogP contribution in [0.1, 0.15) is 16.7 Å². The normalized spacial score (nSPS) is 15.3. The molecule has 0 aromatic heterocycles. The number of hydrogen-bond acceptors (Lipinski definition) is 9. The van der Waals surface area contributed by atoms with Gasteiger partial charge in [0.15, 0.2) is 0 Å². The lowest BCUT2D eigenvalue weighted by Gasteiger charge is -2.24. The standard InChI is InChI=1S/C48H39N12/c1-6-18-37(19-7-1)46-49-55(40-24-12-4-13-25-40)34-57(51-46)42-28-16-30-44(32-42)59-36-60(54-48(53-59)39-22-10-3-11-23-39)45-31-17-29-43(33-45)58-35-56(41-26-14-5-15-27-41)50-47(52-58)38-20-8-2-9-21-38/h1-33H,34-36H2/q+3. The number of amidine groups is 3. The van der Waals surface area contributed by atoms with Gasteiger partial charge in [0.2, 0.25) is 34.6 Å². The van der Waals surface area contributed by atoms with E-state index in [0.29, 0.717) is 37.5 Å². The first kappa shape index (κ1) is 36.1. The summed E-state index contributed by atoms with van der Waals surface area (Å²) >= 11 is 0. The molecule has 0 bridgehead atoms. The fraction of sp³-hybridized carbons (Fsp3) is 0.0625. The van der Waals surface area contributed by atoms with Crippen LogP contribution in [-0.2, 0) is 0 Å². The molecule has 288 valence electrons. The summed E-state index contributed by atoms with van der Waals surface area (Å²) in [7, 11) is 0. The van der Waals surface area contributed by atoms with E-state index < -0.39 is 0 Å². The van der Waals surface area contributed by atoms with Crippen molar-refractivity contribution in [2.75, 3.05) is 35.0 Å². The number of para-hydroxylation sites is 2. The van der Waals surface area contributed by atoms with Crippen LogP contribution in [0.3, 0.4) is 0 Å². The summed E-state index contributed by atoms with van der Waals surface area (Å²) in [5.41, 5.74) is 8.28. The Morgan fingerprint density at radius 2 is 0.600 bits per heavy atom. The van der Waals surface area contributed by atoms with Crippen LogP contribution >= 0.6 is 0 Å². The Bertz CT molecular complexity index is 2840. The van der Waals surface area contributed by atoms with Crippen LogP contribution in [0.4, 0.5) is 34.1 Å². The fourth-order valence-corrected chi connectivity index (χ4v) is 7.09. The molecule has 0 aliphatic carbocycles. The SMILES string of the molecule is c1ccc(C2=NN(c3cccc(N4C[N+](c5cccc(N6C[N+](c7ccccc7)=NC(c7ccccc7)=N6)c5)=NC(c5ccccc5)=N4)c3)C[N+](c3ccccc3)=N2)cc1.